The van der Waals surface area contributed by atoms with Crippen molar-refractivity contribution in [2.45, 2.75) is 26.5 Å². The van der Waals surface area contributed by atoms with E-state index in [9.17, 15) is 4.79 Å². The number of hydrogen-bond donors (Lipinski definition) is 0. The summed E-state index contributed by atoms with van der Waals surface area (Å²) < 4.78 is 5.48. The molecule has 0 bridgehead atoms. The van der Waals surface area contributed by atoms with Crippen LogP contribution in [-0.2, 0) is 16.1 Å². The zero-order valence-electron chi connectivity index (χ0n) is 13.6. The lowest BCUT2D eigenvalue weighted by Gasteiger charge is -2.25. The van der Waals surface area contributed by atoms with Crippen LogP contribution in [0.3, 0.4) is 0 Å². The second-order valence-corrected chi connectivity index (χ2v) is 6.60. The van der Waals surface area contributed by atoms with Gasteiger partial charge in [0.05, 0.1) is 0 Å². The van der Waals surface area contributed by atoms with Gasteiger partial charge in [0.15, 0.2) is 0 Å². The summed E-state index contributed by atoms with van der Waals surface area (Å²) in [6, 6.07) is 9.73. The highest BCUT2D eigenvalue weighted by Gasteiger charge is 2.42. The first kappa shape index (κ1) is 15.5. The number of likely N-dealkylation sites (tertiary alicyclic amines) is 2. The van der Waals surface area contributed by atoms with Crippen molar-refractivity contribution >= 4 is 5.97 Å². The molecule has 0 saturated carbocycles. The number of benzene rings is 1. The van der Waals surface area contributed by atoms with Gasteiger partial charge in [0.2, 0.25) is 0 Å². The van der Waals surface area contributed by atoms with E-state index in [1.54, 1.807) is 0 Å². The summed E-state index contributed by atoms with van der Waals surface area (Å²) in [6.07, 6.45) is 0. The van der Waals surface area contributed by atoms with Gasteiger partial charge in [-0.3, -0.25) is 9.69 Å². The molecule has 0 N–H and O–H groups in total. The number of nitrogens with zero attached hydrogens (tertiary/aromatic N) is 2. The van der Waals surface area contributed by atoms with Crippen LogP contribution in [0, 0.1) is 11.8 Å². The van der Waals surface area contributed by atoms with Crippen molar-refractivity contribution in [3.05, 3.63) is 35.9 Å². The third kappa shape index (κ3) is 3.33. The molecule has 0 aliphatic carbocycles. The largest absolute Gasteiger partial charge is 0.460 e. The zero-order chi connectivity index (χ0) is 15.5. The Morgan fingerprint density at radius 2 is 1.82 bits per heavy atom. The average molecular weight is 302 g/mol. The molecule has 2 heterocycles. The summed E-state index contributed by atoms with van der Waals surface area (Å²) in [5.41, 5.74) is 1.04. The van der Waals surface area contributed by atoms with E-state index < -0.39 is 0 Å². The highest BCUT2D eigenvalue weighted by atomic mass is 16.5. The second-order valence-electron chi connectivity index (χ2n) is 6.60. The fraction of sp³-hybridized carbons (Fsp3) is 0.611. The Bertz CT molecular complexity index is 491. The van der Waals surface area contributed by atoms with E-state index in [-0.39, 0.29) is 12.0 Å². The number of carbonyl (C=O) groups excluding carboxylic acids is 1. The summed E-state index contributed by atoms with van der Waals surface area (Å²) >= 11 is 0. The van der Waals surface area contributed by atoms with Gasteiger partial charge in [-0.05, 0) is 30.9 Å². The quantitative estimate of drug-likeness (QED) is 0.779. The minimum Gasteiger partial charge on any atom is -0.460 e. The SMILES string of the molecule is CCN1CC2CN(C(C)C(=O)OCc3ccccc3)CC2C1. The molecule has 1 aromatic rings. The van der Waals surface area contributed by atoms with E-state index in [1.807, 2.05) is 37.3 Å². The molecule has 22 heavy (non-hydrogen) atoms. The molecule has 2 saturated heterocycles. The Morgan fingerprint density at radius 3 is 2.41 bits per heavy atom. The van der Waals surface area contributed by atoms with Crippen LogP contribution in [0.4, 0.5) is 0 Å². The van der Waals surface area contributed by atoms with Gasteiger partial charge < -0.3 is 9.64 Å². The van der Waals surface area contributed by atoms with Crippen molar-refractivity contribution in [3.63, 3.8) is 0 Å². The number of fused-ring (bicyclic) bond motifs is 1. The maximum absolute atomic E-state index is 12.3. The number of hydrogen-bond acceptors (Lipinski definition) is 4. The van der Waals surface area contributed by atoms with Crippen LogP contribution in [-0.4, -0.2) is 54.5 Å². The molecule has 3 atom stereocenters. The van der Waals surface area contributed by atoms with Crippen molar-refractivity contribution in [3.8, 4) is 0 Å². The molecule has 4 nitrogen and oxygen atoms in total. The van der Waals surface area contributed by atoms with Crippen LogP contribution >= 0.6 is 0 Å². The van der Waals surface area contributed by atoms with Gasteiger partial charge in [-0.25, -0.2) is 0 Å². The summed E-state index contributed by atoms with van der Waals surface area (Å²) in [7, 11) is 0. The third-order valence-electron chi connectivity index (χ3n) is 5.15. The number of esters is 1. The van der Waals surface area contributed by atoms with E-state index in [2.05, 4.69) is 16.7 Å². The maximum Gasteiger partial charge on any atom is 0.323 e. The molecule has 0 spiro atoms. The van der Waals surface area contributed by atoms with Gasteiger partial charge in [0.1, 0.15) is 12.6 Å². The van der Waals surface area contributed by atoms with Crippen molar-refractivity contribution in [1.82, 2.24) is 9.80 Å². The summed E-state index contributed by atoms with van der Waals surface area (Å²) in [5.74, 6) is 1.35. The topological polar surface area (TPSA) is 32.8 Å². The Morgan fingerprint density at radius 1 is 1.18 bits per heavy atom. The number of rotatable bonds is 5. The van der Waals surface area contributed by atoms with Crippen molar-refractivity contribution < 1.29 is 9.53 Å². The molecule has 0 radical (unpaired) electrons. The Hall–Kier alpha value is -1.39. The molecular formula is C18H26N2O2. The maximum atomic E-state index is 12.3. The zero-order valence-corrected chi connectivity index (χ0v) is 13.6. The number of ether oxygens (including phenoxy) is 1. The molecule has 1 aromatic carbocycles. The highest BCUT2D eigenvalue weighted by molar-refractivity contribution is 5.75. The standard InChI is InChI=1S/C18H26N2O2/c1-3-19-9-16-11-20(12-17(16)10-19)14(2)18(21)22-13-15-7-5-4-6-8-15/h4-8,14,16-17H,3,9-13H2,1-2H3. The monoisotopic (exact) mass is 302 g/mol. The molecular weight excluding hydrogens is 276 g/mol. The Kier molecular flexibility index (Phi) is 4.79. The molecule has 120 valence electrons. The summed E-state index contributed by atoms with van der Waals surface area (Å²) in [4.78, 5) is 17.1. The van der Waals surface area contributed by atoms with Crippen LogP contribution in [0.1, 0.15) is 19.4 Å². The fourth-order valence-corrected chi connectivity index (χ4v) is 3.70. The van der Waals surface area contributed by atoms with Crippen LogP contribution in [0.15, 0.2) is 30.3 Å². The highest BCUT2D eigenvalue weighted by Crippen LogP contribution is 2.32. The summed E-state index contributed by atoms with van der Waals surface area (Å²) in [6.45, 7) is 10.1. The molecule has 3 unspecified atom stereocenters. The van der Waals surface area contributed by atoms with E-state index in [1.165, 1.54) is 13.1 Å². The second kappa shape index (κ2) is 6.80. The molecule has 0 amide bonds. The molecule has 2 aliphatic rings. The fourth-order valence-electron chi connectivity index (χ4n) is 3.70. The van der Waals surface area contributed by atoms with Gasteiger partial charge in [-0.1, -0.05) is 37.3 Å². The Labute approximate surface area is 133 Å². The van der Waals surface area contributed by atoms with Crippen molar-refractivity contribution in [2.24, 2.45) is 11.8 Å². The lowest BCUT2D eigenvalue weighted by atomic mass is 10.0. The summed E-state index contributed by atoms with van der Waals surface area (Å²) in [5, 5.41) is 0. The first-order chi connectivity index (χ1) is 10.7. The molecule has 0 aromatic heterocycles. The molecule has 3 rings (SSSR count). The predicted molar refractivity (Wildman–Crippen MR) is 86.4 cm³/mol. The van der Waals surface area contributed by atoms with E-state index in [4.69, 9.17) is 4.74 Å². The Balaban J connectivity index is 1.48. The minimum atomic E-state index is -0.135. The van der Waals surface area contributed by atoms with Gasteiger partial charge >= 0.3 is 5.97 Å². The van der Waals surface area contributed by atoms with Crippen LogP contribution in [0.5, 0.6) is 0 Å². The van der Waals surface area contributed by atoms with Gasteiger partial charge in [0, 0.05) is 26.2 Å². The van der Waals surface area contributed by atoms with Crippen LogP contribution in [0.2, 0.25) is 0 Å². The average Bonchev–Trinajstić information content (AvgIpc) is 3.11. The van der Waals surface area contributed by atoms with E-state index >= 15 is 0 Å². The predicted octanol–water partition coefficient (Wildman–Crippen LogP) is 2.00. The first-order valence-corrected chi connectivity index (χ1v) is 8.34. The van der Waals surface area contributed by atoms with Crippen molar-refractivity contribution in [1.29, 1.82) is 0 Å². The van der Waals surface area contributed by atoms with Crippen LogP contribution in [0.25, 0.3) is 0 Å². The molecule has 4 heteroatoms. The lowest BCUT2D eigenvalue weighted by molar-refractivity contribution is -0.150. The minimum absolute atomic E-state index is 0.101. The van der Waals surface area contributed by atoms with Gasteiger partial charge in [-0.2, -0.15) is 0 Å². The lowest BCUT2D eigenvalue weighted by Crippen LogP contribution is -2.40. The molecule has 2 aliphatic heterocycles. The van der Waals surface area contributed by atoms with Gasteiger partial charge in [0.25, 0.3) is 0 Å². The van der Waals surface area contributed by atoms with Crippen LogP contribution < -0.4 is 0 Å². The van der Waals surface area contributed by atoms with Crippen molar-refractivity contribution in [2.75, 3.05) is 32.7 Å². The normalized spacial score (nSPS) is 26.8. The third-order valence-corrected chi connectivity index (χ3v) is 5.15. The molecule has 2 fully saturated rings. The van der Waals surface area contributed by atoms with E-state index in [0.29, 0.717) is 6.61 Å². The smallest absolute Gasteiger partial charge is 0.323 e. The van der Waals surface area contributed by atoms with Gasteiger partial charge in [-0.15, -0.1) is 0 Å². The number of carbonyl (C=O) groups is 1. The van der Waals surface area contributed by atoms with E-state index in [0.717, 1.165) is 37.0 Å². The first-order valence-electron chi connectivity index (χ1n) is 8.34.